The van der Waals surface area contributed by atoms with Crippen LogP contribution in [0.25, 0.3) is 0 Å². The van der Waals surface area contributed by atoms with Crippen LogP contribution >= 0.6 is 0 Å². The highest BCUT2D eigenvalue weighted by Gasteiger charge is 2.23. The van der Waals surface area contributed by atoms with Gasteiger partial charge in [-0.3, -0.25) is 4.79 Å². The first-order valence-corrected chi connectivity index (χ1v) is 5.83. The van der Waals surface area contributed by atoms with Crippen molar-refractivity contribution < 1.29 is 4.79 Å². The summed E-state index contributed by atoms with van der Waals surface area (Å²) >= 11 is 0. The van der Waals surface area contributed by atoms with Gasteiger partial charge in [0.05, 0.1) is 12.0 Å². The summed E-state index contributed by atoms with van der Waals surface area (Å²) in [5, 5.41) is 6.26. The summed E-state index contributed by atoms with van der Waals surface area (Å²) in [4.78, 5) is 11.9. The third-order valence-corrected chi connectivity index (χ3v) is 3.09. The molecule has 2 N–H and O–H groups in total. The molecule has 0 spiro atoms. The maximum Gasteiger partial charge on any atom is 0.224 e. The third-order valence-electron chi connectivity index (χ3n) is 3.09. The van der Waals surface area contributed by atoms with Crippen molar-refractivity contribution >= 4 is 5.91 Å². The first kappa shape index (κ1) is 11.1. The summed E-state index contributed by atoms with van der Waals surface area (Å²) in [6.07, 6.45) is 0.952. The summed E-state index contributed by atoms with van der Waals surface area (Å²) in [6, 6.07) is 10.1. The van der Waals surface area contributed by atoms with Crippen molar-refractivity contribution in [3.63, 3.8) is 0 Å². The Labute approximate surface area is 96.2 Å². The molecule has 1 aliphatic rings. The number of carbonyl (C=O) groups excluding carboxylic acids is 1. The lowest BCUT2D eigenvalue weighted by atomic mass is 10.1. The molecule has 2 atom stereocenters. The van der Waals surface area contributed by atoms with E-state index in [1.807, 2.05) is 37.3 Å². The quantitative estimate of drug-likeness (QED) is 0.806. The Hall–Kier alpha value is -1.35. The van der Waals surface area contributed by atoms with Gasteiger partial charge in [-0.25, -0.2) is 0 Å². The number of nitrogens with one attached hydrogen (secondary N) is 2. The van der Waals surface area contributed by atoms with E-state index in [1.165, 1.54) is 0 Å². The molecule has 3 heteroatoms. The van der Waals surface area contributed by atoms with Crippen molar-refractivity contribution in [1.82, 2.24) is 10.6 Å². The van der Waals surface area contributed by atoms with Crippen LogP contribution in [0.1, 0.15) is 24.9 Å². The van der Waals surface area contributed by atoms with Gasteiger partial charge in [0.1, 0.15) is 0 Å². The van der Waals surface area contributed by atoms with Crippen molar-refractivity contribution in [3.8, 4) is 0 Å². The van der Waals surface area contributed by atoms with Crippen LogP contribution < -0.4 is 10.6 Å². The van der Waals surface area contributed by atoms with Crippen LogP contribution in [-0.2, 0) is 4.79 Å². The molecule has 1 aromatic carbocycles. The van der Waals surface area contributed by atoms with E-state index < -0.39 is 0 Å². The maximum atomic E-state index is 11.9. The number of benzene rings is 1. The monoisotopic (exact) mass is 218 g/mol. The standard InChI is InChI=1S/C13H18N2O/c1-10(11-5-3-2-4-6-11)15-13(16)12-7-8-14-9-12/h2-6,10,12,14H,7-9H2,1H3,(H,15,16)/t10?,12-/m0/s1. The Morgan fingerprint density at radius 3 is 2.81 bits per heavy atom. The minimum atomic E-state index is 0.0919. The molecule has 16 heavy (non-hydrogen) atoms. The highest BCUT2D eigenvalue weighted by atomic mass is 16.2. The van der Waals surface area contributed by atoms with Crippen LogP contribution in [-0.4, -0.2) is 19.0 Å². The molecule has 2 rings (SSSR count). The molecule has 1 amide bonds. The molecular weight excluding hydrogens is 200 g/mol. The third kappa shape index (κ3) is 2.61. The lowest BCUT2D eigenvalue weighted by Crippen LogP contribution is -2.33. The molecule has 0 aliphatic carbocycles. The molecule has 1 aliphatic heterocycles. The Morgan fingerprint density at radius 1 is 1.44 bits per heavy atom. The van der Waals surface area contributed by atoms with E-state index in [1.54, 1.807) is 0 Å². The zero-order valence-corrected chi connectivity index (χ0v) is 9.57. The topological polar surface area (TPSA) is 41.1 Å². The fourth-order valence-corrected chi connectivity index (χ4v) is 2.03. The molecular formula is C13H18N2O. The first-order valence-electron chi connectivity index (χ1n) is 5.83. The zero-order valence-electron chi connectivity index (χ0n) is 9.57. The van der Waals surface area contributed by atoms with Crippen LogP contribution in [0.3, 0.4) is 0 Å². The average molecular weight is 218 g/mol. The minimum Gasteiger partial charge on any atom is -0.349 e. The van der Waals surface area contributed by atoms with Crippen molar-refractivity contribution in [2.75, 3.05) is 13.1 Å². The molecule has 1 saturated heterocycles. The second-order valence-corrected chi connectivity index (χ2v) is 4.33. The summed E-state index contributed by atoms with van der Waals surface area (Å²) in [7, 11) is 0. The van der Waals surface area contributed by atoms with Crippen LogP contribution in [0.15, 0.2) is 30.3 Å². The van der Waals surface area contributed by atoms with Gasteiger partial charge in [-0.1, -0.05) is 30.3 Å². The Balaban J connectivity index is 1.92. The first-order chi connectivity index (χ1) is 7.77. The molecule has 86 valence electrons. The van der Waals surface area contributed by atoms with Gasteiger partial charge >= 0.3 is 0 Å². The molecule has 0 bridgehead atoms. The van der Waals surface area contributed by atoms with E-state index >= 15 is 0 Å². The second-order valence-electron chi connectivity index (χ2n) is 4.33. The fraction of sp³-hybridized carbons (Fsp3) is 0.462. The lowest BCUT2D eigenvalue weighted by Gasteiger charge is -2.16. The highest BCUT2D eigenvalue weighted by Crippen LogP contribution is 2.14. The maximum absolute atomic E-state index is 11.9. The van der Waals surface area contributed by atoms with Gasteiger partial charge in [0.25, 0.3) is 0 Å². The molecule has 1 fully saturated rings. The predicted molar refractivity (Wildman–Crippen MR) is 64.0 cm³/mol. The second kappa shape index (κ2) is 5.12. The molecule has 0 saturated carbocycles. The zero-order chi connectivity index (χ0) is 11.4. The normalized spacial score (nSPS) is 21.7. The van der Waals surface area contributed by atoms with Gasteiger partial charge in [0.15, 0.2) is 0 Å². The Bertz CT molecular complexity index is 344. The average Bonchev–Trinajstić information content (AvgIpc) is 2.83. The van der Waals surface area contributed by atoms with Gasteiger partial charge in [-0.15, -0.1) is 0 Å². The fourth-order valence-electron chi connectivity index (χ4n) is 2.03. The largest absolute Gasteiger partial charge is 0.349 e. The summed E-state index contributed by atoms with van der Waals surface area (Å²) in [5.74, 6) is 0.313. The Kier molecular flexibility index (Phi) is 3.57. The lowest BCUT2D eigenvalue weighted by molar-refractivity contribution is -0.125. The number of hydrogen-bond donors (Lipinski definition) is 2. The van der Waals surface area contributed by atoms with Crippen molar-refractivity contribution in [1.29, 1.82) is 0 Å². The molecule has 0 aromatic heterocycles. The van der Waals surface area contributed by atoms with E-state index in [-0.39, 0.29) is 17.9 Å². The van der Waals surface area contributed by atoms with E-state index in [0.29, 0.717) is 0 Å². The van der Waals surface area contributed by atoms with Crippen molar-refractivity contribution in [3.05, 3.63) is 35.9 Å². The number of carbonyl (C=O) groups is 1. The SMILES string of the molecule is CC(NC(=O)[C@H]1CCNC1)c1ccccc1. The van der Waals surface area contributed by atoms with Gasteiger partial charge in [-0.05, 0) is 25.5 Å². The Morgan fingerprint density at radius 2 is 2.19 bits per heavy atom. The van der Waals surface area contributed by atoms with E-state index in [2.05, 4.69) is 10.6 Å². The van der Waals surface area contributed by atoms with Crippen LogP contribution in [0.2, 0.25) is 0 Å². The van der Waals surface area contributed by atoms with Crippen LogP contribution in [0, 0.1) is 5.92 Å². The predicted octanol–water partition coefficient (Wildman–Crippen LogP) is 1.47. The van der Waals surface area contributed by atoms with E-state index in [4.69, 9.17) is 0 Å². The smallest absolute Gasteiger partial charge is 0.224 e. The van der Waals surface area contributed by atoms with Gasteiger partial charge < -0.3 is 10.6 Å². The van der Waals surface area contributed by atoms with E-state index in [0.717, 1.165) is 25.1 Å². The molecule has 1 heterocycles. The van der Waals surface area contributed by atoms with Gasteiger partial charge in [-0.2, -0.15) is 0 Å². The van der Waals surface area contributed by atoms with Gasteiger partial charge in [0.2, 0.25) is 5.91 Å². The van der Waals surface area contributed by atoms with Crippen molar-refractivity contribution in [2.24, 2.45) is 5.92 Å². The number of hydrogen-bond acceptors (Lipinski definition) is 2. The highest BCUT2D eigenvalue weighted by molar-refractivity contribution is 5.79. The molecule has 1 unspecified atom stereocenters. The molecule has 0 radical (unpaired) electrons. The summed E-state index contributed by atoms with van der Waals surface area (Å²) in [6.45, 7) is 3.79. The van der Waals surface area contributed by atoms with E-state index in [9.17, 15) is 4.79 Å². The van der Waals surface area contributed by atoms with Gasteiger partial charge in [0, 0.05) is 6.54 Å². The summed E-state index contributed by atoms with van der Waals surface area (Å²) in [5.41, 5.74) is 1.15. The number of amides is 1. The van der Waals surface area contributed by atoms with Crippen molar-refractivity contribution in [2.45, 2.75) is 19.4 Å². The molecule has 3 nitrogen and oxygen atoms in total. The summed E-state index contributed by atoms with van der Waals surface area (Å²) < 4.78 is 0. The number of rotatable bonds is 3. The minimum absolute atomic E-state index is 0.0919. The van der Waals surface area contributed by atoms with Crippen LogP contribution in [0.4, 0.5) is 0 Å². The molecule has 1 aromatic rings. The van der Waals surface area contributed by atoms with Crippen LogP contribution in [0.5, 0.6) is 0 Å².